The molecule has 0 aliphatic carbocycles. The summed E-state index contributed by atoms with van der Waals surface area (Å²) in [6, 6.07) is 0. The fourth-order valence-corrected chi connectivity index (χ4v) is 6.54. The minimum Gasteiger partial charge on any atom is -0.481 e. The van der Waals surface area contributed by atoms with Crippen molar-refractivity contribution in [1.29, 1.82) is 0 Å². The molecule has 0 bridgehead atoms. The van der Waals surface area contributed by atoms with Gasteiger partial charge in [0, 0.05) is 12.8 Å². The number of esters is 1. The van der Waals surface area contributed by atoms with Crippen LogP contribution in [0.4, 0.5) is 0 Å². The normalized spacial score (nSPS) is 12.0. The van der Waals surface area contributed by atoms with Crippen molar-refractivity contribution in [3.8, 4) is 0 Å². The molecular formula is C41H80O4. The molecule has 0 aliphatic rings. The number of carboxylic acid groups (broad SMARTS) is 1. The highest BCUT2D eigenvalue weighted by Crippen LogP contribution is 2.19. The van der Waals surface area contributed by atoms with Crippen LogP contribution in [0.1, 0.15) is 245 Å². The fourth-order valence-electron chi connectivity index (χ4n) is 6.54. The van der Waals surface area contributed by atoms with E-state index in [2.05, 4.69) is 13.8 Å². The van der Waals surface area contributed by atoms with Gasteiger partial charge in [-0.15, -0.1) is 0 Å². The molecule has 0 fully saturated rings. The Kier molecular flexibility index (Phi) is 36.5. The smallest absolute Gasteiger partial charge is 0.306 e. The fraction of sp³-hybridized carbons (Fsp3) is 0.951. The third-order valence-electron chi connectivity index (χ3n) is 9.58. The van der Waals surface area contributed by atoms with Crippen molar-refractivity contribution in [2.45, 2.75) is 251 Å². The van der Waals surface area contributed by atoms with Gasteiger partial charge in [-0.05, 0) is 38.5 Å². The monoisotopic (exact) mass is 637 g/mol. The summed E-state index contributed by atoms with van der Waals surface area (Å²) in [6.45, 7) is 4.55. The lowest BCUT2D eigenvalue weighted by molar-refractivity contribution is -0.150. The number of carboxylic acids is 1. The van der Waals surface area contributed by atoms with Gasteiger partial charge in [0.2, 0.25) is 0 Å². The zero-order valence-electron chi connectivity index (χ0n) is 30.7. The molecule has 268 valence electrons. The molecular weight excluding hydrogens is 556 g/mol. The lowest BCUT2D eigenvalue weighted by atomic mass is 10.0. The SMILES string of the molecule is CCCCCCCCCCCCCCCCCCCCCCCC(=O)OC(CCCCCCCCC)CCCCCCC(=O)O. The summed E-state index contributed by atoms with van der Waals surface area (Å²) in [4.78, 5) is 23.3. The van der Waals surface area contributed by atoms with Crippen LogP contribution in [0.15, 0.2) is 0 Å². The van der Waals surface area contributed by atoms with Gasteiger partial charge < -0.3 is 9.84 Å². The molecule has 0 aromatic heterocycles. The molecule has 0 rings (SSSR count). The van der Waals surface area contributed by atoms with Gasteiger partial charge in [0.25, 0.3) is 0 Å². The molecule has 4 nitrogen and oxygen atoms in total. The Labute approximate surface area is 282 Å². The lowest BCUT2D eigenvalue weighted by Crippen LogP contribution is -2.18. The Balaban J connectivity index is 3.71. The van der Waals surface area contributed by atoms with Crippen LogP contribution in [-0.4, -0.2) is 23.1 Å². The van der Waals surface area contributed by atoms with Gasteiger partial charge in [0.1, 0.15) is 6.10 Å². The number of hydrogen-bond acceptors (Lipinski definition) is 3. The van der Waals surface area contributed by atoms with Crippen molar-refractivity contribution in [2.24, 2.45) is 0 Å². The third kappa shape index (κ3) is 37.3. The van der Waals surface area contributed by atoms with Crippen LogP contribution < -0.4 is 0 Å². The number of hydrogen-bond donors (Lipinski definition) is 1. The van der Waals surface area contributed by atoms with Crippen molar-refractivity contribution in [1.82, 2.24) is 0 Å². The predicted molar refractivity (Wildman–Crippen MR) is 195 cm³/mol. The van der Waals surface area contributed by atoms with Crippen LogP contribution in [0.25, 0.3) is 0 Å². The van der Waals surface area contributed by atoms with E-state index in [1.807, 2.05) is 0 Å². The highest BCUT2D eigenvalue weighted by Gasteiger charge is 2.14. The Morgan fingerprint density at radius 2 is 0.667 bits per heavy atom. The predicted octanol–water partition coefficient (Wildman–Crippen LogP) is 14.1. The molecule has 1 unspecified atom stereocenters. The number of ether oxygens (including phenoxy) is 1. The molecule has 45 heavy (non-hydrogen) atoms. The minimum atomic E-state index is -0.707. The minimum absolute atomic E-state index is 0.00775. The molecule has 0 saturated heterocycles. The van der Waals surface area contributed by atoms with Crippen LogP contribution in [0, 0.1) is 0 Å². The van der Waals surface area contributed by atoms with E-state index in [0.29, 0.717) is 6.42 Å². The zero-order valence-corrected chi connectivity index (χ0v) is 30.7. The molecule has 0 radical (unpaired) electrons. The van der Waals surface area contributed by atoms with E-state index >= 15 is 0 Å². The second-order valence-electron chi connectivity index (χ2n) is 14.2. The van der Waals surface area contributed by atoms with Gasteiger partial charge in [-0.2, -0.15) is 0 Å². The summed E-state index contributed by atoms with van der Waals surface area (Å²) >= 11 is 0. The summed E-state index contributed by atoms with van der Waals surface area (Å²) in [5, 5.41) is 8.82. The summed E-state index contributed by atoms with van der Waals surface area (Å²) in [5.41, 5.74) is 0. The molecule has 0 spiro atoms. The Hall–Kier alpha value is -1.06. The lowest BCUT2D eigenvalue weighted by Gasteiger charge is -2.18. The first-order chi connectivity index (χ1) is 22.1. The molecule has 1 N–H and O–H groups in total. The number of aliphatic carboxylic acids is 1. The van der Waals surface area contributed by atoms with Gasteiger partial charge >= 0.3 is 11.9 Å². The van der Waals surface area contributed by atoms with Gasteiger partial charge in [-0.25, -0.2) is 0 Å². The van der Waals surface area contributed by atoms with Gasteiger partial charge in [-0.3, -0.25) is 9.59 Å². The summed E-state index contributed by atoms with van der Waals surface area (Å²) < 4.78 is 5.95. The topological polar surface area (TPSA) is 63.6 Å². The average Bonchev–Trinajstić information content (AvgIpc) is 3.02. The van der Waals surface area contributed by atoms with Gasteiger partial charge in [0.15, 0.2) is 0 Å². The zero-order chi connectivity index (χ0) is 32.9. The van der Waals surface area contributed by atoms with Crippen molar-refractivity contribution in [3.63, 3.8) is 0 Å². The van der Waals surface area contributed by atoms with E-state index in [1.54, 1.807) is 0 Å². The standard InChI is InChI=1S/C41H80O4/c1-3-5-7-9-11-12-13-14-15-16-17-18-19-20-21-22-23-24-26-28-34-38-41(44)45-39(35-31-27-25-10-8-6-4-2)36-32-29-30-33-37-40(42)43/h39H,3-38H2,1-2H3,(H,42,43). The molecule has 0 aromatic carbocycles. The number of carbonyl (C=O) groups is 2. The Morgan fingerprint density at radius 1 is 0.400 bits per heavy atom. The van der Waals surface area contributed by atoms with Crippen molar-refractivity contribution < 1.29 is 19.4 Å². The Morgan fingerprint density at radius 3 is 0.978 bits per heavy atom. The van der Waals surface area contributed by atoms with Crippen LogP contribution in [0.5, 0.6) is 0 Å². The van der Waals surface area contributed by atoms with Crippen LogP contribution in [0.2, 0.25) is 0 Å². The average molecular weight is 637 g/mol. The maximum atomic E-state index is 12.6. The number of rotatable bonds is 38. The maximum Gasteiger partial charge on any atom is 0.306 e. The summed E-state index contributed by atoms with van der Waals surface area (Å²) in [7, 11) is 0. The summed E-state index contributed by atoms with van der Waals surface area (Å²) in [6.07, 6.45) is 44.3. The molecule has 0 saturated carbocycles. The highest BCUT2D eigenvalue weighted by molar-refractivity contribution is 5.69. The first-order valence-corrected chi connectivity index (χ1v) is 20.5. The second-order valence-corrected chi connectivity index (χ2v) is 14.2. The Bertz CT molecular complexity index is 604. The van der Waals surface area contributed by atoms with Gasteiger partial charge in [0.05, 0.1) is 0 Å². The molecule has 1 atom stereocenters. The van der Waals surface area contributed by atoms with E-state index in [4.69, 9.17) is 9.84 Å². The molecule has 0 aromatic rings. The quantitative estimate of drug-likeness (QED) is 0.0541. The largest absolute Gasteiger partial charge is 0.481 e. The number of unbranched alkanes of at least 4 members (excludes halogenated alkanes) is 29. The van der Waals surface area contributed by atoms with Gasteiger partial charge in [-0.1, -0.05) is 194 Å². The van der Waals surface area contributed by atoms with E-state index in [-0.39, 0.29) is 18.5 Å². The third-order valence-corrected chi connectivity index (χ3v) is 9.58. The van der Waals surface area contributed by atoms with E-state index in [1.165, 1.54) is 161 Å². The second kappa shape index (κ2) is 37.4. The highest BCUT2D eigenvalue weighted by atomic mass is 16.5. The van der Waals surface area contributed by atoms with E-state index in [0.717, 1.165) is 57.8 Å². The van der Waals surface area contributed by atoms with E-state index in [9.17, 15) is 9.59 Å². The van der Waals surface area contributed by atoms with E-state index < -0.39 is 5.97 Å². The van der Waals surface area contributed by atoms with Crippen LogP contribution >= 0.6 is 0 Å². The first-order valence-electron chi connectivity index (χ1n) is 20.5. The van der Waals surface area contributed by atoms with Crippen molar-refractivity contribution in [2.75, 3.05) is 0 Å². The van der Waals surface area contributed by atoms with Crippen LogP contribution in [0.3, 0.4) is 0 Å². The number of carbonyl (C=O) groups excluding carboxylic acids is 1. The molecule has 0 aliphatic heterocycles. The first kappa shape index (κ1) is 43.9. The van der Waals surface area contributed by atoms with Crippen molar-refractivity contribution >= 4 is 11.9 Å². The maximum absolute atomic E-state index is 12.6. The van der Waals surface area contributed by atoms with Crippen molar-refractivity contribution in [3.05, 3.63) is 0 Å². The molecule has 0 heterocycles. The summed E-state index contributed by atoms with van der Waals surface area (Å²) in [5.74, 6) is -0.715. The van der Waals surface area contributed by atoms with Crippen LogP contribution in [-0.2, 0) is 14.3 Å². The molecule has 0 amide bonds. The molecule has 4 heteroatoms.